The molecule has 3 aromatic rings. The number of nitrogens with one attached hydrogen (secondary N) is 2. The molecule has 0 radical (unpaired) electrons. The number of hydrogen-bond acceptors (Lipinski definition) is 4. The van der Waals surface area contributed by atoms with Crippen molar-refractivity contribution in [2.24, 2.45) is 0 Å². The summed E-state index contributed by atoms with van der Waals surface area (Å²) in [5.41, 5.74) is 3.88. The summed E-state index contributed by atoms with van der Waals surface area (Å²) < 4.78 is 7.82. The molecular weight excluding hydrogens is 349 g/mol. The Hall–Kier alpha value is -2.20. The van der Waals surface area contributed by atoms with Gasteiger partial charge in [0, 0.05) is 48.7 Å². The number of nitrogens with zero attached hydrogens (tertiary/aromatic N) is 3. The molecule has 0 atom stereocenters. The summed E-state index contributed by atoms with van der Waals surface area (Å²) in [6.45, 7) is 2.28. The molecule has 122 valence electrons. The van der Waals surface area contributed by atoms with E-state index in [1.807, 2.05) is 12.3 Å². The van der Waals surface area contributed by atoms with Gasteiger partial charge in [-0.2, -0.15) is 10.4 Å². The fraction of sp³-hybridized carbons (Fsp3) is 0.250. The third-order valence-corrected chi connectivity index (χ3v) is 4.95. The first kappa shape index (κ1) is 15.3. The number of benzene rings is 1. The van der Waals surface area contributed by atoms with Crippen LogP contribution in [0, 0.1) is 11.3 Å². The van der Waals surface area contributed by atoms with E-state index in [-0.39, 0.29) is 6.61 Å². The van der Waals surface area contributed by atoms with Crippen molar-refractivity contribution >= 4 is 34.1 Å². The van der Waals surface area contributed by atoms with Crippen LogP contribution in [-0.4, -0.2) is 27.9 Å². The quantitative estimate of drug-likeness (QED) is 0.749. The van der Waals surface area contributed by atoms with E-state index in [2.05, 4.69) is 20.1 Å². The second kappa shape index (κ2) is 6.02. The summed E-state index contributed by atoms with van der Waals surface area (Å²) in [7, 11) is 0. The van der Waals surface area contributed by atoms with Crippen LogP contribution in [0.3, 0.4) is 0 Å². The zero-order valence-corrected chi connectivity index (χ0v) is 14.1. The van der Waals surface area contributed by atoms with Crippen molar-refractivity contribution in [2.45, 2.75) is 13.1 Å². The van der Waals surface area contributed by atoms with Crippen molar-refractivity contribution in [2.75, 3.05) is 13.2 Å². The summed E-state index contributed by atoms with van der Waals surface area (Å²) in [6, 6.07) is 3.67. The SMILES string of the molecule is N#CCOc1cc(Cl)c(Cl)c2c1c(-c1cn[nH]c1)c1n2CCNC1. The van der Waals surface area contributed by atoms with Gasteiger partial charge < -0.3 is 14.6 Å². The van der Waals surface area contributed by atoms with Crippen LogP contribution >= 0.6 is 23.2 Å². The zero-order valence-electron chi connectivity index (χ0n) is 12.6. The van der Waals surface area contributed by atoms with Crippen molar-refractivity contribution in [1.29, 1.82) is 5.26 Å². The lowest BCUT2D eigenvalue weighted by Crippen LogP contribution is -2.27. The van der Waals surface area contributed by atoms with Gasteiger partial charge in [-0.05, 0) is 0 Å². The molecule has 8 heteroatoms. The molecule has 2 N–H and O–H groups in total. The van der Waals surface area contributed by atoms with Crippen LogP contribution in [0.4, 0.5) is 0 Å². The molecule has 3 heterocycles. The zero-order chi connectivity index (χ0) is 16.7. The maximum absolute atomic E-state index is 8.87. The second-order valence-electron chi connectivity index (χ2n) is 5.48. The molecule has 0 amide bonds. The summed E-state index contributed by atoms with van der Waals surface area (Å²) in [6.07, 6.45) is 3.60. The van der Waals surface area contributed by atoms with Crippen molar-refractivity contribution in [3.8, 4) is 22.9 Å². The number of rotatable bonds is 3. The Balaban J connectivity index is 2.12. The van der Waals surface area contributed by atoms with Crippen molar-refractivity contribution in [3.63, 3.8) is 0 Å². The van der Waals surface area contributed by atoms with Crippen LogP contribution in [0.2, 0.25) is 10.0 Å². The van der Waals surface area contributed by atoms with Crippen molar-refractivity contribution in [1.82, 2.24) is 20.1 Å². The lowest BCUT2D eigenvalue weighted by atomic mass is 10.0. The van der Waals surface area contributed by atoms with Crippen LogP contribution in [0.1, 0.15) is 5.69 Å². The number of hydrogen-bond donors (Lipinski definition) is 2. The molecule has 0 fully saturated rings. The molecular formula is C16H13Cl2N5O. The van der Waals surface area contributed by atoms with Crippen LogP contribution < -0.4 is 10.1 Å². The molecule has 6 nitrogen and oxygen atoms in total. The van der Waals surface area contributed by atoms with Gasteiger partial charge in [-0.3, -0.25) is 5.10 Å². The van der Waals surface area contributed by atoms with Crippen LogP contribution in [-0.2, 0) is 13.1 Å². The Morgan fingerprint density at radius 1 is 1.42 bits per heavy atom. The number of H-pyrrole nitrogens is 1. The molecule has 4 rings (SSSR count). The maximum atomic E-state index is 8.87. The lowest BCUT2D eigenvalue weighted by molar-refractivity contribution is 0.372. The van der Waals surface area contributed by atoms with Gasteiger partial charge in [0.2, 0.25) is 0 Å². The van der Waals surface area contributed by atoms with Gasteiger partial charge in [0.25, 0.3) is 0 Å². The molecule has 1 aliphatic rings. The highest BCUT2D eigenvalue weighted by molar-refractivity contribution is 6.45. The van der Waals surface area contributed by atoms with Gasteiger partial charge in [0.05, 0.1) is 27.1 Å². The monoisotopic (exact) mass is 361 g/mol. The Morgan fingerprint density at radius 2 is 2.29 bits per heavy atom. The van der Waals surface area contributed by atoms with E-state index < -0.39 is 0 Å². The van der Waals surface area contributed by atoms with E-state index in [4.69, 9.17) is 33.2 Å². The van der Waals surface area contributed by atoms with Gasteiger partial charge in [-0.25, -0.2) is 0 Å². The fourth-order valence-electron chi connectivity index (χ4n) is 3.25. The number of aromatic nitrogens is 3. The highest BCUT2D eigenvalue weighted by Gasteiger charge is 2.27. The smallest absolute Gasteiger partial charge is 0.174 e. The van der Waals surface area contributed by atoms with Crippen molar-refractivity contribution < 1.29 is 4.74 Å². The van der Waals surface area contributed by atoms with E-state index in [1.54, 1.807) is 12.3 Å². The van der Waals surface area contributed by atoms with Gasteiger partial charge in [-0.15, -0.1) is 0 Å². The summed E-state index contributed by atoms with van der Waals surface area (Å²) in [5, 5.41) is 20.9. The maximum Gasteiger partial charge on any atom is 0.174 e. The topological polar surface area (TPSA) is 78.7 Å². The summed E-state index contributed by atoms with van der Waals surface area (Å²) in [4.78, 5) is 0. The average Bonchev–Trinajstić information content (AvgIpc) is 3.22. The van der Waals surface area contributed by atoms with Crippen LogP contribution in [0.15, 0.2) is 18.5 Å². The fourth-order valence-corrected chi connectivity index (χ4v) is 3.69. The number of nitriles is 1. The first-order valence-electron chi connectivity index (χ1n) is 7.45. The number of fused-ring (bicyclic) bond motifs is 3. The van der Waals surface area contributed by atoms with E-state index in [0.717, 1.165) is 40.8 Å². The average molecular weight is 362 g/mol. The highest BCUT2D eigenvalue weighted by atomic mass is 35.5. The first-order valence-corrected chi connectivity index (χ1v) is 8.20. The largest absolute Gasteiger partial charge is 0.478 e. The standard InChI is InChI=1S/C16H13Cl2N5O/c17-10-5-12(24-4-1-19)14-13(9-6-21-22-7-9)11-8-20-2-3-23(11)16(14)15(10)18/h5-7,20H,2-4,8H2,(H,21,22). The Morgan fingerprint density at radius 3 is 3.04 bits per heavy atom. The van der Waals surface area contributed by atoms with E-state index in [1.165, 1.54) is 0 Å². The molecule has 1 aliphatic heterocycles. The third kappa shape index (κ3) is 2.25. The minimum atomic E-state index is -0.0589. The Bertz CT molecular complexity index is 956. The van der Waals surface area contributed by atoms with Crippen LogP contribution in [0.5, 0.6) is 5.75 Å². The van der Waals surface area contributed by atoms with E-state index >= 15 is 0 Å². The van der Waals surface area contributed by atoms with Crippen molar-refractivity contribution in [3.05, 3.63) is 34.2 Å². The number of ether oxygens (including phenoxy) is 1. The molecule has 0 saturated heterocycles. The minimum Gasteiger partial charge on any atom is -0.478 e. The van der Waals surface area contributed by atoms with Crippen LogP contribution in [0.25, 0.3) is 22.0 Å². The summed E-state index contributed by atoms with van der Waals surface area (Å²) >= 11 is 12.8. The Labute approximate surface area is 147 Å². The highest BCUT2D eigenvalue weighted by Crippen LogP contribution is 2.46. The van der Waals surface area contributed by atoms with Gasteiger partial charge in [-0.1, -0.05) is 23.2 Å². The lowest BCUT2D eigenvalue weighted by Gasteiger charge is -2.18. The predicted octanol–water partition coefficient (Wildman–Crippen LogP) is 3.34. The number of halogens is 2. The molecule has 2 aromatic heterocycles. The molecule has 24 heavy (non-hydrogen) atoms. The van der Waals surface area contributed by atoms with Gasteiger partial charge >= 0.3 is 0 Å². The molecule has 0 saturated carbocycles. The molecule has 0 unspecified atom stereocenters. The summed E-state index contributed by atoms with van der Waals surface area (Å²) in [5.74, 6) is 0.555. The number of aromatic amines is 1. The third-order valence-electron chi connectivity index (χ3n) is 4.18. The van der Waals surface area contributed by atoms with Gasteiger partial charge in [0.1, 0.15) is 11.8 Å². The Kier molecular flexibility index (Phi) is 3.85. The molecule has 0 aliphatic carbocycles. The van der Waals surface area contributed by atoms with E-state index in [0.29, 0.717) is 22.3 Å². The van der Waals surface area contributed by atoms with E-state index in [9.17, 15) is 0 Å². The first-order chi connectivity index (χ1) is 11.7. The normalized spacial score (nSPS) is 13.7. The molecule has 1 aromatic carbocycles. The van der Waals surface area contributed by atoms with Gasteiger partial charge in [0.15, 0.2) is 6.61 Å². The molecule has 0 spiro atoms. The minimum absolute atomic E-state index is 0.0589. The molecule has 0 bridgehead atoms. The second-order valence-corrected chi connectivity index (χ2v) is 6.26. The predicted molar refractivity (Wildman–Crippen MR) is 92.4 cm³/mol.